The van der Waals surface area contributed by atoms with Crippen LogP contribution in [0.1, 0.15) is 94.4 Å². The molecule has 4 aliphatic carbocycles. The monoisotopic (exact) mass is 955 g/mol. The molecule has 5 N–H and O–H groups in total. The summed E-state index contributed by atoms with van der Waals surface area (Å²) in [6.07, 6.45) is 0.0340. The van der Waals surface area contributed by atoms with Crippen molar-refractivity contribution in [1.29, 1.82) is 0 Å². The molecule has 1 saturated carbocycles. The summed E-state index contributed by atoms with van der Waals surface area (Å²) in [7, 11) is 1.16. The van der Waals surface area contributed by atoms with Gasteiger partial charge in [0.2, 0.25) is 5.78 Å². The summed E-state index contributed by atoms with van der Waals surface area (Å²) in [6, 6.07) is -1.04. The number of fused-ring (bicyclic) bond motifs is 4. The van der Waals surface area contributed by atoms with Crippen LogP contribution < -0.4 is 5.32 Å². The molecule has 0 aromatic heterocycles. The van der Waals surface area contributed by atoms with Gasteiger partial charge in [0.15, 0.2) is 24.3 Å². The first-order valence-corrected chi connectivity index (χ1v) is 23.5. The highest BCUT2D eigenvalue weighted by Gasteiger charge is 2.64. The van der Waals surface area contributed by atoms with E-state index in [-0.39, 0.29) is 41.9 Å². The Morgan fingerprint density at radius 2 is 1.65 bits per heavy atom. The summed E-state index contributed by atoms with van der Waals surface area (Å²) in [5.74, 6) is -6.07. The fraction of sp³-hybridized carbons (Fsp3) is 0.694. The van der Waals surface area contributed by atoms with Crippen molar-refractivity contribution in [3.8, 4) is 0 Å². The standard InChI is InChI=1S/C49H67N2O17/c1-22-11-14-35(66-37-20-47(8,51(60)61)42(27(6)64-37)50-46(59)62-10)23(2)16-32-33(54)17-29(21-52)19-49(32)44(57)38(45(58)68-49)43(56)48(9)31(22)13-12-30-39(48)24(3)15-25(4)40(30)67-36-18-34(55)41(26(5)63-36)65-28(7)53/h11-13,16-17,21,24-27,30-37,39-42,54-56,60H,14-15,18-20H2,1-10H3,(H,50,59)/q-1/b22-11-,23-16?,43-38?/t24-,25-,26-,27+,30-,31-,32+,33-,34+,35-,36-,37-,39+,40?,41-,42-,47-,48+,49?/m0/s1. The predicted molar refractivity (Wildman–Crippen MR) is 238 cm³/mol. The van der Waals surface area contributed by atoms with E-state index in [1.165, 1.54) is 19.9 Å². The third kappa shape index (κ3) is 9.02. The van der Waals surface area contributed by atoms with Gasteiger partial charge in [-0.15, -0.1) is 0 Å². The lowest BCUT2D eigenvalue weighted by molar-refractivity contribution is -0.280. The molecular weight excluding hydrogens is 889 g/mol. The number of esters is 2. The van der Waals surface area contributed by atoms with Gasteiger partial charge in [0.05, 0.1) is 61.2 Å². The first-order chi connectivity index (χ1) is 31.9. The van der Waals surface area contributed by atoms with Crippen molar-refractivity contribution in [2.75, 3.05) is 7.11 Å². The Kier molecular flexibility index (Phi) is 14.8. The topological polar surface area (TPSA) is 269 Å². The average Bonchev–Trinajstić information content (AvgIpc) is 3.50. The average molecular weight is 956 g/mol. The number of methoxy groups -OCH3 is 1. The molecule has 4 fully saturated rings. The Morgan fingerprint density at radius 1 is 0.956 bits per heavy atom. The van der Waals surface area contributed by atoms with Gasteiger partial charge >= 0.3 is 18.0 Å². The van der Waals surface area contributed by atoms with E-state index in [9.17, 15) is 44.9 Å². The molecule has 19 atom stereocenters. The number of aliphatic hydroxyl groups excluding tert-OH is 3. The van der Waals surface area contributed by atoms with Crippen LogP contribution in [-0.4, -0.2) is 135 Å². The maximum atomic E-state index is 15.2. The van der Waals surface area contributed by atoms with Crippen molar-refractivity contribution in [3.05, 3.63) is 63.6 Å². The zero-order valence-corrected chi connectivity index (χ0v) is 40.3. The number of hydroxylamine groups is 2. The van der Waals surface area contributed by atoms with Crippen LogP contribution in [0.4, 0.5) is 4.79 Å². The van der Waals surface area contributed by atoms with Gasteiger partial charge in [0.25, 0.3) is 0 Å². The third-order valence-electron chi connectivity index (χ3n) is 16.0. The molecule has 1 spiro atoms. The van der Waals surface area contributed by atoms with Crippen LogP contribution in [0.5, 0.6) is 0 Å². The molecule has 1 amide bonds. The fourth-order valence-corrected chi connectivity index (χ4v) is 12.7. The number of alkyl carbamates (subject to hydrolysis) is 1. The number of nitrogens with zero attached hydrogens (tertiary/aromatic N) is 1. The lowest BCUT2D eigenvalue weighted by Gasteiger charge is -2.56. The number of amides is 1. The quantitative estimate of drug-likeness (QED) is 0.0557. The SMILES string of the molecule is COC(=O)N[C@H]1[C@@H](C)O[C@@H](O[C@H]2C/C=C(/C)[C@@H]3C=C[C@@H]4C(O[C@H]5C[C@@H](O)[C@@H](OC(C)=O)[C@H](C)O5)[C@@H](C)C[C@H](C)[C@H]4[C@]3(C)C(O)=C3C(=O)OC4(CC(C=O)=C[C@H](O)[C@H]4C=C2C)C3=O)C[C@]1(C)N([O-])O. The molecule has 3 heterocycles. The highest BCUT2D eigenvalue weighted by atomic mass is 16.8. The third-order valence-corrected chi connectivity index (χ3v) is 16.0. The van der Waals surface area contributed by atoms with E-state index in [4.69, 9.17) is 33.2 Å². The molecule has 0 radical (unpaired) electrons. The van der Waals surface area contributed by atoms with Crippen LogP contribution in [0.3, 0.4) is 0 Å². The van der Waals surface area contributed by atoms with Crippen molar-refractivity contribution in [1.82, 2.24) is 10.5 Å². The fourth-order valence-electron chi connectivity index (χ4n) is 12.7. The molecule has 0 aromatic carbocycles. The number of aliphatic hydroxyl groups is 3. The number of aldehydes is 1. The second-order valence-electron chi connectivity index (χ2n) is 20.5. The van der Waals surface area contributed by atoms with Gasteiger partial charge in [-0.05, 0) is 82.4 Å². The van der Waals surface area contributed by atoms with Crippen molar-refractivity contribution in [2.45, 2.75) is 167 Å². The van der Waals surface area contributed by atoms with Gasteiger partial charge in [-0.3, -0.25) is 19.6 Å². The summed E-state index contributed by atoms with van der Waals surface area (Å²) in [6.45, 7) is 15.5. The number of nitrogens with one attached hydrogen (secondary N) is 1. The number of Topliss-reactive ketones (excluding diaryl/α,β-unsaturated/α-hetero) is 1. The number of hydrogen-bond donors (Lipinski definition) is 5. The number of carbonyl (C=O) groups is 5. The predicted octanol–water partition coefficient (Wildman–Crippen LogP) is 4.57. The van der Waals surface area contributed by atoms with E-state index in [2.05, 4.69) is 12.2 Å². The zero-order chi connectivity index (χ0) is 49.9. The van der Waals surface area contributed by atoms with E-state index in [1.54, 1.807) is 26.8 Å². The van der Waals surface area contributed by atoms with Gasteiger partial charge in [-0.2, -0.15) is 0 Å². The van der Waals surface area contributed by atoms with E-state index in [0.717, 1.165) is 12.7 Å². The molecule has 7 aliphatic rings. The van der Waals surface area contributed by atoms with Gasteiger partial charge in [0.1, 0.15) is 17.6 Å². The Labute approximate surface area is 396 Å². The summed E-state index contributed by atoms with van der Waals surface area (Å²) in [5.41, 5.74) is -4.56. The van der Waals surface area contributed by atoms with Gasteiger partial charge in [-0.25, -0.2) is 9.59 Å². The van der Waals surface area contributed by atoms with Crippen molar-refractivity contribution in [2.24, 2.45) is 40.9 Å². The van der Waals surface area contributed by atoms with E-state index in [1.807, 2.05) is 39.0 Å². The molecular formula is C49H67N2O17-. The van der Waals surface area contributed by atoms with Crippen molar-refractivity contribution in [3.63, 3.8) is 0 Å². The molecule has 3 aliphatic heterocycles. The molecule has 19 nitrogen and oxygen atoms in total. The van der Waals surface area contributed by atoms with Crippen LogP contribution in [0.15, 0.2) is 58.4 Å². The number of allylic oxidation sites excluding steroid dienone is 3. The maximum absolute atomic E-state index is 15.2. The van der Waals surface area contributed by atoms with Gasteiger partial charge < -0.3 is 64.2 Å². The number of hydrogen-bond acceptors (Lipinski definition) is 18. The number of rotatable bonds is 8. The molecule has 19 heteroatoms. The van der Waals surface area contributed by atoms with E-state index >= 15 is 4.79 Å². The molecule has 2 unspecified atom stereocenters. The highest BCUT2D eigenvalue weighted by Crippen LogP contribution is 2.61. The minimum Gasteiger partial charge on any atom is -0.762 e. The number of carbonyl (C=O) groups excluding carboxylic acids is 5. The van der Waals surface area contributed by atoms with Crippen LogP contribution in [0, 0.1) is 46.1 Å². The second-order valence-corrected chi connectivity index (χ2v) is 20.5. The number of ether oxygens (including phenoxy) is 7. The Morgan fingerprint density at radius 3 is 2.28 bits per heavy atom. The Hall–Kier alpha value is -4.31. The highest BCUT2D eigenvalue weighted by molar-refractivity contribution is 6.26. The minimum absolute atomic E-state index is 0.0182. The molecule has 7 rings (SSSR count). The molecule has 0 aromatic rings. The molecule has 68 heavy (non-hydrogen) atoms. The Balaban J connectivity index is 1.33. The molecule has 2 bridgehead atoms. The maximum Gasteiger partial charge on any atom is 0.407 e. The lowest BCUT2D eigenvalue weighted by Crippen LogP contribution is -2.67. The summed E-state index contributed by atoms with van der Waals surface area (Å²) < 4.78 is 42.1. The smallest absolute Gasteiger partial charge is 0.407 e. The minimum atomic E-state index is -2.15. The van der Waals surface area contributed by atoms with Crippen LogP contribution >= 0.6 is 0 Å². The Bertz CT molecular complexity index is 2160. The first kappa shape index (κ1) is 51.5. The van der Waals surface area contributed by atoms with Crippen molar-refractivity contribution >= 4 is 30.1 Å². The summed E-state index contributed by atoms with van der Waals surface area (Å²) in [4.78, 5) is 66.1. The number of ketones is 1. The van der Waals surface area contributed by atoms with E-state index < -0.39 is 143 Å². The van der Waals surface area contributed by atoms with Crippen molar-refractivity contribution < 1.29 is 77.7 Å². The largest absolute Gasteiger partial charge is 0.762 e. The van der Waals surface area contributed by atoms with Gasteiger partial charge in [-0.1, -0.05) is 50.6 Å². The zero-order valence-electron chi connectivity index (χ0n) is 40.3. The van der Waals surface area contributed by atoms with Crippen LogP contribution in [-0.2, 0) is 52.3 Å². The first-order valence-electron chi connectivity index (χ1n) is 23.5. The normalized spacial score (nSPS) is 44.8. The summed E-state index contributed by atoms with van der Waals surface area (Å²) in [5, 5.41) is 61.3. The molecule has 3 saturated heterocycles. The van der Waals surface area contributed by atoms with Crippen LogP contribution in [0.25, 0.3) is 0 Å². The lowest BCUT2D eigenvalue weighted by atomic mass is 9.49. The van der Waals surface area contributed by atoms with Crippen LogP contribution in [0.2, 0.25) is 0 Å². The van der Waals surface area contributed by atoms with E-state index in [0.29, 0.717) is 18.3 Å². The summed E-state index contributed by atoms with van der Waals surface area (Å²) >= 11 is 0. The second kappa shape index (κ2) is 19.5. The van der Waals surface area contributed by atoms with Gasteiger partial charge in [0, 0.05) is 43.4 Å². The molecule has 376 valence electrons.